The quantitative estimate of drug-likeness (QED) is 0.873. The number of imidazole rings is 1. The van der Waals surface area contributed by atoms with Gasteiger partial charge in [-0.15, -0.1) is 0 Å². The SMILES string of the molecule is CCCn1cncc1CN1CC2CNCC2C1C. The molecule has 4 heteroatoms. The molecule has 0 aliphatic carbocycles. The van der Waals surface area contributed by atoms with Gasteiger partial charge in [-0.1, -0.05) is 6.92 Å². The van der Waals surface area contributed by atoms with Crippen LogP contribution in [0.4, 0.5) is 0 Å². The fraction of sp³-hybridized carbons (Fsp3) is 0.786. The molecule has 2 aliphatic heterocycles. The van der Waals surface area contributed by atoms with Gasteiger partial charge in [0.15, 0.2) is 0 Å². The van der Waals surface area contributed by atoms with Crippen molar-refractivity contribution in [1.82, 2.24) is 19.8 Å². The molecule has 3 rings (SSSR count). The zero-order chi connectivity index (χ0) is 12.5. The van der Waals surface area contributed by atoms with E-state index in [1.807, 2.05) is 12.5 Å². The van der Waals surface area contributed by atoms with Gasteiger partial charge in [-0.2, -0.15) is 0 Å². The van der Waals surface area contributed by atoms with E-state index in [9.17, 15) is 0 Å². The molecule has 0 aromatic carbocycles. The minimum atomic E-state index is 0.704. The molecule has 1 N–H and O–H groups in total. The highest BCUT2D eigenvalue weighted by atomic mass is 15.2. The molecule has 2 fully saturated rings. The smallest absolute Gasteiger partial charge is 0.0948 e. The Labute approximate surface area is 109 Å². The second-order valence-corrected chi connectivity index (χ2v) is 5.83. The topological polar surface area (TPSA) is 33.1 Å². The van der Waals surface area contributed by atoms with Gasteiger partial charge >= 0.3 is 0 Å². The lowest BCUT2D eigenvalue weighted by molar-refractivity contribution is 0.226. The molecule has 1 aromatic rings. The zero-order valence-electron chi connectivity index (χ0n) is 11.5. The van der Waals surface area contributed by atoms with Gasteiger partial charge in [-0.3, -0.25) is 4.90 Å². The summed E-state index contributed by atoms with van der Waals surface area (Å²) < 4.78 is 2.30. The van der Waals surface area contributed by atoms with E-state index in [-0.39, 0.29) is 0 Å². The summed E-state index contributed by atoms with van der Waals surface area (Å²) in [6.45, 7) is 10.4. The molecule has 3 heterocycles. The Balaban J connectivity index is 1.68. The summed E-state index contributed by atoms with van der Waals surface area (Å²) in [7, 11) is 0. The molecule has 0 spiro atoms. The summed E-state index contributed by atoms with van der Waals surface area (Å²) in [5, 5.41) is 3.52. The van der Waals surface area contributed by atoms with E-state index in [0.717, 1.165) is 24.9 Å². The van der Waals surface area contributed by atoms with Crippen LogP contribution in [0, 0.1) is 11.8 Å². The highest BCUT2D eigenvalue weighted by Gasteiger charge is 2.41. The maximum Gasteiger partial charge on any atom is 0.0948 e. The van der Waals surface area contributed by atoms with Gasteiger partial charge in [0.2, 0.25) is 0 Å². The molecule has 0 amide bonds. The fourth-order valence-electron chi connectivity index (χ4n) is 3.59. The molecule has 0 radical (unpaired) electrons. The second kappa shape index (κ2) is 5.02. The van der Waals surface area contributed by atoms with Crippen molar-refractivity contribution < 1.29 is 0 Å². The first-order valence-corrected chi connectivity index (χ1v) is 7.23. The summed E-state index contributed by atoms with van der Waals surface area (Å²) >= 11 is 0. The van der Waals surface area contributed by atoms with Gasteiger partial charge in [0.25, 0.3) is 0 Å². The van der Waals surface area contributed by atoms with E-state index in [1.54, 1.807) is 0 Å². The lowest BCUT2D eigenvalue weighted by Crippen LogP contribution is -2.33. The number of hydrogen-bond donors (Lipinski definition) is 1. The standard InChI is InChI=1S/C14H24N4/c1-3-4-17-10-16-6-13(17)9-18-8-12-5-15-7-14(12)11(18)2/h6,10-12,14-15H,3-5,7-9H2,1-2H3. The number of aromatic nitrogens is 2. The van der Waals surface area contributed by atoms with Crippen LogP contribution in [0.1, 0.15) is 26.0 Å². The Morgan fingerprint density at radius 2 is 2.33 bits per heavy atom. The summed E-state index contributed by atoms with van der Waals surface area (Å²) in [6, 6.07) is 0.704. The molecule has 2 aliphatic rings. The van der Waals surface area contributed by atoms with Crippen LogP contribution in [-0.4, -0.2) is 40.1 Å². The molecular weight excluding hydrogens is 224 g/mol. The number of likely N-dealkylation sites (tertiary alicyclic amines) is 1. The van der Waals surface area contributed by atoms with E-state index >= 15 is 0 Å². The van der Waals surface area contributed by atoms with E-state index < -0.39 is 0 Å². The Morgan fingerprint density at radius 1 is 1.44 bits per heavy atom. The fourth-order valence-corrected chi connectivity index (χ4v) is 3.59. The van der Waals surface area contributed by atoms with Crippen molar-refractivity contribution >= 4 is 0 Å². The summed E-state index contributed by atoms with van der Waals surface area (Å²) in [5.41, 5.74) is 1.37. The van der Waals surface area contributed by atoms with E-state index in [1.165, 1.54) is 31.7 Å². The average molecular weight is 248 g/mol. The molecule has 2 saturated heterocycles. The van der Waals surface area contributed by atoms with Gasteiger partial charge in [0.05, 0.1) is 12.0 Å². The van der Waals surface area contributed by atoms with Crippen LogP contribution in [0.2, 0.25) is 0 Å². The molecular formula is C14H24N4. The third-order valence-corrected chi connectivity index (χ3v) is 4.68. The van der Waals surface area contributed by atoms with Gasteiger partial charge in [-0.05, 0) is 38.3 Å². The third kappa shape index (κ3) is 2.08. The monoisotopic (exact) mass is 248 g/mol. The molecule has 3 unspecified atom stereocenters. The molecule has 100 valence electrons. The number of fused-ring (bicyclic) bond motifs is 1. The van der Waals surface area contributed by atoms with Crippen LogP contribution in [0.25, 0.3) is 0 Å². The van der Waals surface area contributed by atoms with Crippen LogP contribution in [-0.2, 0) is 13.1 Å². The summed E-state index contributed by atoms with van der Waals surface area (Å²) in [4.78, 5) is 6.94. The highest BCUT2D eigenvalue weighted by molar-refractivity contribution is 5.03. The minimum absolute atomic E-state index is 0.704. The van der Waals surface area contributed by atoms with Crippen molar-refractivity contribution in [3.8, 4) is 0 Å². The van der Waals surface area contributed by atoms with Crippen LogP contribution < -0.4 is 5.32 Å². The van der Waals surface area contributed by atoms with Crippen LogP contribution in [0.3, 0.4) is 0 Å². The van der Waals surface area contributed by atoms with Crippen molar-refractivity contribution in [3.05, 3.63) is 18.2 Å². The number of hydrogen-bond acceptors (Lipinski definition) is 3. The second-order valence-electron chi connectivity index (χ2n) is 5.83. The number of nitrogens with zero attached hydrogens (tertiary/aromatic N) is 3. The number of nitrogens with one attached hydrogen (secondary N) is 1. The lowest BCUT2D eigenvalue weighted by atomic mass is 9.95. The van der Waals surface area contributed by atoms with Crippen molar-refractivity contribution in [1.29, 1.82) is 0 Å². The third-order valence-electron chi connectivity index (χ3n) is 4.68. The Hall–Kier alpha value is -0.870. The summed E-state index contributed by atoms with van der Waals surface area (Å²) in [5.74, 6) is 1.72. The van der Waals surface area contributed by atoms with Crippen molar-refractivity contribution in [2.45, 2.75) is 39.4 Å². The number of aryl methyl sites for hydroxylation is 1. The first kappa shape index (κ1) is 12.2. The molecule has 3 atom stereocenters. The Morgan fingerprint density at radius 3 is 3.11 bits per heavy atom. The maximum atomic E-state index is 4.30. The largest absolute Gasteiger partial charge is 0.333 e. The van der Waals surface area contributed by atoms with E-state index in [4.69, 9.17) is 0 Å². The number of rotatable bonds is 4. The predicted molar refractivity (Wildman–Crippen MR) is 72.2 cm³/mol. The first-order chi connectivity index (χ1) is 8.79. The maximum absolute atomic E-state index is 4.30. The van der Waals surface area contributed by atoms with Gasteiger partial charge in [0.1, 0.15) is 0 Å². The molecule has 18 heavy (non-hydrogen) atoms. The van der Waals surface area contributed by atoms with Crippen molar-refractivity contribution in [2.75, 3.05) is 19.6 Å². The molecule has 0 saturated carbocycles. The normalized spacial score (nSPS) is 32.0. The van der Waals surface area contributed by atoms with Gasteiger partial charge in [0, 0.05) is 31.9 Å². The highest BCUT2D eigenvalue weighted by Crippen LogP contribution is 2.33. The predicted octanol–water partition coefficient (Wildman–Crippen LogP) is 1.33. The van der Waals surface area contributed by atoms with Crippen molar-refractivity contribution in [3.63, 3.8) is 0 Å². The molecule has 1 aromatic heterocycles. The lowest BCUT2D eigenvalue weighted by Gasteiger charge is -2.24. The van der Waals surface area contributed by atoms with Crippen LogP contribution in [0.5, 0.6) is 0 Å². The van der Waals surface area contributed by atoms with Crippen molar-refractivity contribution in [2.24, 2.45) is 11.8 Å². The van der Waals surface area contributed by atoms with Crippen LogP contribution in [0.15, 0.2) is 12.5 Å². The zero-order valence-corrected chi connectivity index (χ0v) is 11.5. The first-order valence-electron chi connectivity index (χ1n) is 7.23. The Bertz CT molecular complexity index is 400. The van der Waals surface area contributed by atoms with Gasteiger partial charge in [-0.25, -0.2) is 4.98 Å². The van der Waals surface area contributed by atoms with E-state index in [2.05, 4.69) is 33.6 Å². The Kier molecular flexibility index (Phi) is 3.39. The van der Waals surface area contributed by atoms with E-state index in [0.29, 0.717) is 6.04 Å². The molecule has 4 nitrogen and oxygen atoms in total. The van der Waals surface area contributed by atoms with Crippen LogP contribution >= 0.6 is 0 Å². The molecule has 0 bridgehead atoms. The minimum Gasteiger partial charge on any atom is -0.333 e. The summed E-state index contributed by atoms with van der Waals surface area (Å²) in [6.07, 6.45) is 5.19. The average Bonchev–Trinajstić information content (AvgIpc) is 3.02. The van der Waals surface area contributed by atoms with Gasteiger partial charge < -0.3 is 9.88 Å².